The van der Waals surface area contributed by atoms with E-state index in [1.54, 1.807) is 7.11 Å². The minimum Gasteiger partial charge on any atom is -0.496 e. The number of para-hydroxylation sites is 1. The summed E-state index contributed by atoms with van der Waals surface area (Å²) in [6.07, 6.45) is 0. The molecular formula is C13H20N2O. The van der Waals surface area contributed by atoms with Crippen LogP contribution in [0.3, 0.4) is 0 Å². The number of nitrogens with zero attached hydrogens (tertiary/aromatic N) is 1. The number of nitrogens with one attached hydrogen (secondary N) is 1. The van der Waals surface area contributed by atoms with Crippen molar-refractivity contribution in [3.63, 3.8) is 0 Å². The number of methoxy groups -OCH3 is 1. The first-order chi connectivity index (χ1) is 7.81. The molecule has 0 unspecified atom stereocenters. The Balaban J connectivity index is 2.07. The predicted octanol–water partition coefficient (Wildman–Crippen LogP) is 1.49. The first kappa shape index (κ1) is 11.4. The summed E-state index contributed by atoms with van der Waals surface area (Å²) in [6.45, 7) is 6.52. The topological polar surface area (TPSA) is 24.5 Å². The van der Waals surface area contributed by atoms with Gasteiger partial charge >= 0.3 is 0 Å². The fourth-order valence-corrected chi connectivity index (χ4v) is 2.17. The van der Waals surface area contributed by atoms with Crippen molar-refractivity contribution in [2.24, 2.45) is 0 Å². The highest BCUT2D eigenvalue weighted by Gasteiger charge is 2.18. The summed E-state index contributed by atoms with van der Waals surface area (Å²) in [5, 5.41) is 3.41. The number of ether oxygens (including phenoxy) is 1. The Morgan fingerprint density at radius 1 is 1.44 bits per heavy atom. The van der Waals surface area contributed by atoms with Crippen molar-refractivity contribution in [1.29, 1.82) is 0 Å². The SMILES string of the molecule is COc1ccccc1CN1CCNC[C@@H]1C. The van der Waals surface area contributed by atoms with E-state index in [1.807, 2.05) is 12.1 Å². The molecule has 1 aromatic rings. The van der Waals surface area contributed by atoms with Gasteiger partial charge < -0.3 is 10.1 Å². The van der Waals surface area contributed by atoms with E-state index < -0.39 is 0 Å². The van der Waals surface area contributed by atoms with Gasteiger partial charge in [-0.3, -0.25) is 4.90 Å². The fourth-order valence-electron chi connectivity index (χ4n) is 2.17. The van der Waals surface area contributed by atoms with Gasteiger partial charge in [0, 0.05) is 37.8 Å². The van der Waals surface area contributed by atoms with Gasteiger partial charge in [0.1, 0.15) is 5.75 Å². The molecule has 1 saturated heterocycles. The number of piperazine rings is 1. The molecule has 3 heteroatoms. The molecule has 1 N–H and O–H groups in total. The Hall–Kier alpha value is -1.06. The van der Waals surface area contributed by atoms with Gasteiger partial charge in [-0.2, -0.15) is 0 Å². The zero-order chi connectivity index (χ0) is 11.4. The van der Waals surface area contributed by atoms with Crippen LogP contribution in [0, 0.1) is 0 Å². The summed E-state index contributed by atoms with van der Waals surface area (Å²) in [5.74, 6) is 0.994. The normalized spacial score (nSPS) is 22.0. The number of hydrogen-bond donors (Lipinski definition) is 1. The molecule has 1 aromatic carbocycles. The molecule has 1 aliphatic heterocycles. The lowest BCUT2D eigenvalue weighted by atomic mass is 10.1. The van der Waals surface area contributed by atoms with Crippen LogP contribution < -0.4 is 10.1 Å². The van der Waals surface area contributed by atoms with Gasteiger partial charge in [-0.1, -0.05) is 18.2 Å². The van der Waals surface area contributed by atoms with Crippen LogP contribution in [-0.4, -0.2) is 37.7 Å². The van der Waals surface area contributed by atoms with Crippen molar-refractivity contribution in [2.45, 2.75) is 19.5 Å². The average Bonchev–Trinajstić information content (AvgIpc) is 2.33. The summed E-state index contributed by atoms with van der Waals surface area (Å²) in [7, 11) is 1.74. The Morgan fingerprint density at radius 3 is 3.00 bits per heavy atom. The van der Waals surface area contributed by atoms with E-state index in [-0.39, 0.29) is 0 Å². The minimum absolute atomic E-state index is 0.596. The maximum absolute atomic E-state index is 5.38. The smallest absolute Gasteiger partial charge is 0.123 e. The highest BCUT2D eigenvalue weighted by molar-refractivity contribution is 5.33. The van der Waals surface area contributed by atoms with Gasteiger partial charge in [0.05, 0.1) is 7.11 Å². The molecular weight excluding hydrogens is 200 g/mol. The molecule has 88 valence electrons. The van der Waals surface area contributed by atoms with Crippen molar-refractivity contribution in [1.82, 2.24) is 10.2 Å². The second-order valence-electron chi connectivity index (χ2n) is 4.34. The summed E-state index contributed by atoms with van der Waals surface area (Å²) < 4.78 is 5.38. The highest BCUT2D eigenvalue weighted by Crippen LogP contribution is 2.20. The third kappa shape index (κ3) is 2.54. The quantitative estimate of drug-likeness (QED) is 0.835. The van der Waals surface area contributed by atoms with Crippen LogP contribution in [-0.2, 0) is 6.54 Å². The van der Waals surface area contributed by atoms with Gasteiger partial charge in [0.2, 0.25) is 0 Å². The zero-order valence-corrected chi connectivity index (χ0v) is 10.1. The highest BCUT2D eigenvalue weighted by atomic mass is 16.5. The molecule has 0 bridgehead atoms. The Morgan fingerprint density at radius 2 is 2.25 bits per heavy atom. The second-order valence-corrected chi connectivity index (χ2v) is 4.34. The van der Waals surface area contributed by atoms with Crippen molar-refractivity contribution >= 4 is 0 Å². The molecule has 0 aromatic heterocycles. The van der Waals surface area contributed by atoms with Gasteiger partial charge in [0.25, 0.3) is 0 Å². The number of rotatable bonds is 3. The van der Waals surface area contributed by atoms with Crippen LogP contribution in [0.4, 0.5) is 0 Å². The minimum atomic E-state index is 0.596. The van der Waals surface area contributed by atoms with Crippen LogP contribution in [0.15, 0.2) is 24.3 Å². The molecule has 16 heavy (non-hydrogen) atoms. The van der Waals surface area contributed by atoms with Crippen molar-refractivity contribution in [2.75, 3.05) is 26.7 Å². The number of benzene rings is 1. The fraction of sp³-hybridized carbons (Fsp3) is 0.538. The second kappa shape index (κ2) is 5.32. The first-order valence-corrected chi connectivity index (χ1v) is 5.88. The lowest BCUT2D eigenvalue weighted by Gasteiger charge is -2.34. The van der Waals surface area contributed by atoms with Crippen LogP contribution >= 0.6 is 0 Å². The summed E-state index contributed by atoms with van der Waals surface area (Å²) >= 11 is 0. The monoisotopic (exact) mass is 220 g/mol. The largest absolute Gasteiger partial charge is 0.496 e. The zero-order valence-electron chi connectivity index (χ0n) is 10.1. The molecule has 1 fully saturated rings. The van der Waals surface area contributed by atoms with Crippen LogP contribution in [0.1, 0.15) is 12.5 Å². The van der Waals surface area contributed by atoms with E-state index in [0.29, 0.717) is 6.04 Å². The molecule has 1 aliphatic rings. The van der Waals surface area contributed by atoms with Gasteiger partial charge in [-0.05, 0) is 13.0 Å². The molecule has 0 spiro atoms. The molecule has 0 radical (unpaired) electrons. The molecule has 1 atom stereocenters. The average molecular weight is 220 g/mol. The molecule has 3 nitrogen and oxygen atoms in total. The van der Waals surface area contributed by atoms with Crippen LogP contribution in [0.5, 0.6) is 5.75 Å². The van der Waals surface area contributed by atoms with Crippen LogP contribution in [0.2, 0.25) is 0 Å². The maximum atomic E-state index is 5.38. The summed E-state index contributed by atoms with van der Waals surface area (Å²) in [5.41, 5.74) is 1.28. The molecule has 0 amide bonds. The van der Waals surface area contributed by atoms with E-state index in [2.05, 4.69) is 29.3 Å². The Labute approximate surface area is 97.4 Å². The van der Waals surface area contributed by atoms with E-state index in [4.69, 9.17) is 4.74 Å². The molecule has 2 rings (SSSR count). The predicted molar refractivity (Wildman–Crippen MR) is 65.7 cm³/mol. The van der Waals surface area contributed by atoms with Crippen molar-refractivity contribution in [3.05, 3.63) is 29.8 Å². The Bertz CT molecular complexity index is 340. The van der Waals surface area contributed by atoms with Gasteiger partial charge in [-0.15, -0.1) is 0 Å². The lowest BCUT2D eigenvalue weighted by molar-refractivity contribution is 0.164. The molecule has 0 saturated carbocycles. The van der Waals surface area contributed by atoms with Gasteiger partial charge in [-0.25, -0.2) is 0 Å². The third-order valence-electron chi connectivity index (χ3n) is 3.20. The van der Waals surface area contributed by atoms with Crippen molar-refractivity contribution < 1.29 is 4.74 Å². The van der Waals surface area contributed by atoms with Crippen molar-refractivity contribution in [3.8, 4) is 5.75 Å². The third-order valence-corrected chi connectivity index (χ3v) is 3.20. The number of hydrogen-bond acceptors (Lipinski definition) is 3. The lowest BCUT2D eigenvalue weighted by Crippen LogP contribution is -2.49. The summed E-state index contributed by atoms with van der Waals surface area (Å²) in [4.78, 5) is 2.49. The van der Waals surface area contributed by atoms with Gasteiger partial charge in [0.15, 0.2) is 0 Å². The Kier molecular flexibility index (Phi) is 3.80. The van der Waals surface area contributed by atoms with E-state index >= 15 is 0 Å². The van der Waals surface area contributed by atoms with E-state index in [0.717, 1.165) is 31.9 Å². The van der Waals surface area contributed by atoms with Crippen LogP contribution in [0.25, 0.3) is 0 Å². The molecule has 0 aliphatic carbocycles. The standard InChI is InChI=1S/C13H20N2O/c1-11-9-14-7-8-15(11)10-12-5-3-4-6-13(12)16-2/h3-6,11,14H,7-10H2,1-2H3/t11-/m0/s1. The maximum Gasteiger partial charge on any atom is 0.123 e. The molecule has 1 heterocycles. The summed E-state index contributed by atoms with van der Waals surface area (Å²) in [6, 6.07) is 8.86. The first-order valence-electron chi connectivity index (χ1n) is 5.88. The van der Waals surface area contributed by atoms with E-state index in [9.17, 15) is 0 Å². The van der Waals surface area contributed by atoms with E-state index in [1.165, 1.54) is 5.56 Å².